The number of piperidine rings is 1. The second-order valence-corrected chi connectivity index (χ2v) is 22.2. The van der Waals surface area contributed by atoms with E-state index in [-0.39, 0.29) is 98.8 Å². The van der Waals surface area contributed by atoms with Crippen molar-refractivity contribution in [3.05, 3.63) is 137 Å². The molecule has 0 saturated carbocycles. The largest absolute Gasteiger partial charge is 0.396 e. The number of hydrogen-bond donors (Lipinski definition) is 8. The van der Waals surface area contributed by atoms with Crippen LogP contribution in [0.3, 0.4) is 0 Å². The van der Waals surface area contributed by atoms with Gasteiger partial charge in [-0.25, -0.2) is 0 Å². The molecule has 0 bridgehead atoms. The highest BCUT2D eigenvalue weighted by Gasteiger charge is 2.47. The average Bonchev–Trinajstić information content (AvgIpc) is 3.95. The van der Waals surface area contributed by atoms with Gasteiger partial charge in [-0.1, -0.05) is 78.6 Å². The van der Waals surface area contributed by atoms with Gasteiger partial charge in [0.2, 0.25) is 47.3 Å². The van der Waals surface area contributed by atoms with Gasteiger partial charge in [0.25, 0.3) is 11.4 Å². The molecule has 6 atom stereocenters. The lowest BCUT2D eigenvalue weighted by Gasteiger charge is -2.39. The number of unbranched alkanes of at least 4 members (excludes halogenated alkanes) is 1. The summed E-state index contributed by atoms with van der Waals surface area (Å²) in [5, 5.41) is 11.2. The SMILES string of the molecule is CN1C(=O)C(C2CCC(=O)NC2=O)c2ccc(C#CCCCC(=O)N3CC[C@H]4CC[C@@H](C(=O)N[C@@H](CCC(N)=O)C(=O)NC(c5ccccc5)c5ccccc5)N4C(=O)[C@@H](NC(=O)c4cc5cc(C(=O)P(=O)(O)O)ccc5[nH]4)C3)cc21. The number of amides is 9. The van der Waals surface area contributed by atoms with E-state index in [9.17, 15) is 57.5 Å². The molecule has 22 nitrogen and oxygen atoms in total. The molecule has 3 fully saturated rings. The van der Waals surface area contributed by atoms with Crippen LogP contribution in [0.15, 0.2) is 103 Å². The Bertz CT molecular complexity index is 3420. The van der Waals surface area contributed by atoms with E-state index in [1.165, 1.54) is 39.0 Å². The third-order valence-electron chi connectivity index (χ3n) is 15.3. The zero-order valence-corrected chi connectivity index (χ0v) is 45.0. The number of rotatable bonds is 17. The van der Waals surface area contributed by atoms with E-state index >= 15 is 4.79 Å². The van der Waals surface area contributed by atoms with Crippen LogP contribution in [0.25, 0.3) is 10.9 Å². The number of fused-ring (bicyclic) bond motifs is 3. The molecule has 0 aliphatic carbocycles. The number of likely N-dealkylation sites (N-methyl/N-ethyl adjacent to an activating group) is 1. The zero-order chi connectivity index (χ0) is 57.7. The first-order valence-electron chi connectivity index (χ1n) is 26.6. The van der Waals surface area contributed by atoms with Crippen LogP contribution in [0.1, 0.15) is 119 Å². The lowest BCUT2D eigenvalue weighted by molar-refractivity contribution is -0.145. The van der Waals surface area contributed by atoms with Crippen molar-refractivity contribution in [2.45, 2.75) is 100 Å². The number of carbonyl (C=O) groups excluding carboxylic acids is 10. The minimum absolute atomic E-state index is 0.0137. The van der Waals surface area contributed by atoms with Crippen molar-refractivity contribution in [1.29, 1.82) is 0 Å². The van der Waals surface area contributed by atoms with Crippen molar-refractivity contribution in [2.75, 3.05) is 25.0 Å². The first kappa shape index (κ1) is 56.9. The van der Waals surface area contributed by atoms with E-state index < -0.39 is 90.6 Å². The van der Waals surface area contributed by atoms with Gasteiger partial charge in [0.1, 0.15) is 23.8 Å². The molecule has 23 heteroatoms. The van der Waals surface area contributed by atoms with E-state index in [1.807, 2.05) is 60.7 Å². The van der Waals surface area contributed by atoms with Crippen LogP contribution in [-0.4, -0.2) is 128 Å². The predicted octanol–water partition coefficient (Wildman–Crippen LogP) is 3.17. The Hall–Kier alpha value is -8.77. The van der Waals surface area contributed by atoms with Crippen LogP contribution in [0.4, 0.5) is 5.69 Å². The molecule has 0 spiro atoms. The number of nitrogens with one attached hydrogen (secondary N) is 5. The van der Waals surface area contributed by atoms with Crippen LogP contribution in [0, 0.1) is 17.8 Å². The quantitative estimate of drug-likeness (QED) is 0.0288. The number of nitrogens with two attached hydrogens (primary N) is 1. The summed E-state index contributed by atoms with van der Waals surface area (Å²) in [5.74, 6) is -0.140. The van der Waals surface area contributed by atoms with Gasteiger partial charge >= 0.3 is 7.60 Å². The summed E-state index contributed by atoms with van der Waals surface area (Å²) in [5.41, 5.74) is 7.47. The number of aromatic amines is 1. The molecular weight excluding hydrogens is 1060 g/mol. The Balaban J connectivity index is 0.915. The molecule has 9 amide bonds. The fraction of sp³-hybridized carbons (Fsp3) is 0.345. The maximum Gasteiger partial charge on any atom is 0.396 e. The number of nitrogens with zero attached hydrogens (tertiary/aromatic N) is 3. The van der Waals surface area contributed by atoms with Gasteiger partial charge in [-0.2, -0.15) is 0 Å². The molecule has 4 aliphatic heterocycles. The molecule has 420 valence electrons. The molecule has 1 aromatic heterocycles. The molecule has 3 saturated heterocycles. The maximum atomic E-state index is 15.0. The molecule has 4 aromatic carbocycles. The summed E-state index contributed by atoms with van der Waals surface area (Å²) in [6.07, 6.45) is 1.36. The van der Waals surface area contributed by atoms with E-state index in [4.69, 9.17) is 5.73 Å². The Morgan fingerprint density at radius 1 is 0.827 bits per heavy atom. The second-order valence-electron chi connectivity index (χ2n) is 20.7. The van der Waals surface area contributed by atoms with Gasteiger partial charge in [-0.3, -0.25) is 57.8 Å². The fourth-order valence-electron chi connectivity index (χ4n) is 11.2. The van der Waals surface area contributed by atoms with Crippen LogP contribution >= 0.6 is 7.60 Å². The van der Waals surface area contributed by atoms with E-state index in [1.54, 1.807) is 25.2 Å². The first-order chi connectivity index (χ1) is 38.7. The van der Waals surface area contributed by atoms with Crippen molar-refractivity contribution < 1.29 is 62.3 Å². The third kappa shape index (κ3) is 12.8. The van der Waals surface area contributed by atoms with Crippen molar-refractivity contribution in [3.8, 4) is 11.8 Å². The van der Waals surface area contributed by atoms with Crippen LogP contribution < -0.4 is 31.9 Å². The molecule has 5 aromatic rings. The number of anilines is 1. The summed E-state index contributed by atoms with van der Waals surface area (Å²) in [7, 11) is -3.52. The summed E-state index contributed by atoms with van der Waals surface area (Å²) in [4.78, 5) is 161. The first-order valence-corrected chi connectivity index (χ1v) is 28.2. The normalized spacial score (nSPS) is 20.3. The Morgan fingerprint density at radius 3 is 2.22 bits per heavy atom. The van der Waals surface area contributed by atoms with E-state index in [0.29, 0.717) is 35.2 Å². The molecule has 81 heavy (non-hydrogen) atoms. The molecular formula is C58H60N9O13P. The number of hydrogen-bond acceptors (Lipinski definition) is 11. The van der Waals surface area contributed by atoms with Gasteiger partial charge in [-0.05, 0) is 91.6 Å². The van der Waals surface area contributed by atoms with Crippen LogP contribution in [0.5, 0.6) is 0 Å². The Morgan fingerprint density at radius 2 is 1.54 bits per heavy atom. The highest BCUT2D eigenvalue weighted by atomic mass is 31.2. The van der Waals surface area contributed by atoms with E-state index in [2.05, 4.69) is 38.1 Å². The topological polar surface area (TPSA) is 328 Å². The molecule has 2 unspecified atom stereocenters. The third-order valence-corrected chi connectivity index (χ3v) is 16.1. The summed E-state index contributed by atoms with van der Waals surface area (Å²) in [6, 6.07) is 23.7. The molecule has 5 heterocycles. The lowest BCUT2D eigenvalue weighted by Crippen LogP contribution is -2.62. The van der Waals surface area contributed by atoms with Gasteiger partial charge in [-0.15, -0.1) is 0 Å². The minimum Gasteiger partial charge on any atom is -0.370 e. The Labute approximate surface area is 465 Å². The summed E-state index contributed by atoms with van der Waals surface area (Å²) >= 11 is 0. The molecule has 0 radical (unpaired) electrons. The highest BCUT2D eigenvalue weighted by molar-refractivity contribution is 7.70. The van der Waals surface area contributed by atoms with Crippen molar-refractivity contribution in [1.82, 2.24) is 36.1 Å². The maximum absolute atomic E-state index is 15.0. The fourth-order valence-corrected chi connectivity index (χ4v) is 11.7. The van der Waals surface area contributed by atoms with E-state index in [0.717, 1.165) is 11.1 Å². The number of carbonyl (C=O) groups is 10. The van der Waals surface area contributed by atoms with Crippen LogP contribution in [0.2, 0.25) is 0 Å². The lowest BCUT2D eigenvalue weighted by atomic mass is 9.81. The number of imide groups is 1. The van der Waals surface area contributed by atoms with Gasteiger partial charge in [0.05, 0.1) is 17.9 Å². The number of benzene rings is 4. The Kier molecular flexibility index (Phi) is 17.1. The minimum atomic E-state index is -5.14. The van der Waals surface area contributed by atoms with Crippen LogP contribution in [-0.2, 0) is 42.9 Å². The van der Waals surface area contributed by atoms with Crippen molar-refractivity contribution >= 4 is 82.9 Å². The zero-order valence-electron chi connectivity index (χ0n) is 44.1. The second kappa shape index (κ2) is 24.3. The van der Waals surface area contributed by atoms with Crippen molar-refractivity contribution in [2.24, 2.45) is 11.7 Å². The smallest absolute Gasteiger partial charge is 0.370 e. The average molecular weight is 1120 g/mol. The summed E-state index contributed by atoms with van der Waals surface area (Å²) < 4.78 is 11.7. The number of H-pyrrole nitrogens is 1. The monoisotopic (exact) mass is 1120 g/mol. The highest BCUT2D eigenvalue weighted by Crippen LogP contribution is 2.44. The molecule has 4 aliphatic rings. The van der Waals surface area contributed by atoms with Gasteiger partial charge < -0.3 is 51.2 Å². The summed E-state index contributed by atoms with van der Waals surface area (Å²) in [6.45, 7) is -0.174. The van der Waals surface area contributed by atoms with Crippen molar-refractivity contribution in [3.63, 3.8) is 0 Å². The number of aromatic nitrogens is 1. The standard InChI is InChI=1S/C58H60N9O13P/c1-65-46-29-33(17-20-39(46)50(57(65)76)40-21-26-48(69)63-52(40)71)11-5-2-10-16-49(70)66-28-27-38-19-24-45(55(74)61-42(23-25-47(59)68)53(72)64-51(34-12-6-3-7-13-34)35-14-8-4-9-15-35)67(38)56(75)44(32-66)62-54(73)43-31-37-30-36(18-22-41(37)60-43)58(77)81(78,79)80/h3-4,6-9,12-15,17-18,20,22,29-31,38,40,42,44-45,50-51,60H,2,10,16,19,21,23-28,32H2,1H3,(H2,59,68)(H,61,74)(H,62,73)(H,64,72)(H,63,69,71)(H2,78,79,80)/t38-,40?,42+,44+,45+,50?/m1/s1. The van der Waals surface area contributed by atoms with Gasteiger partial charge in [0.15, 0.2) is 0 Å². The number of primary amides is 1. The van der Waals surface area contributed by atoms with Gasteiger partial charge in [0, 0.05) is 79.6 Å². The molecule has 9 rings (SSSR count). The predicted molar refractivity (Wildman–Crippen MR) is 293 cm³/mol. The molecule has 9 N–H and O–H groups in total.